The summed E-state index contributed by atoms with van der Waals surface area (Å²) >= 11 is 0. The summed E-state index contributed by atoms with van der Waals surface area (Å²) in [6.07, 6.45) is 2.77. The summed E-state index contributed by atoms with van der Waals surface area (Å²) in [5.41, 5.74) is 2.51. The third kappa shape index (κ3) is 7.48. The molecular formula is C28H40ClNO8. The van der Waals surface area contributed by atoms with E-state index < -0.39 is 17.4 Å². The molecule has 1 unspecified atom stereocenters. The molecule has 1 saturated heterocycles. The van der Waals surface area contributed by atoms with E-state index in [2.05, 4.69) is 4.90 Å². The molecule has 0 bridgehead atoms. The number of rotatable bonds is 9. The molecule has 1 aromatic rings. The van der Waals surface area contributed by atoms with Gasteiger partial charge in [0.25, 0.3) is 0 Å². The van der Waals surface area contributed by atoms with Crippen LogP contribution in [0.3, 0.4) is 0 Å². The number of esters is 3. The Bertz CT molecular complexity index is 1070. The van der Waals surface area contributed by atoms with Crippen molar-refractivity contribution in [1.29, 1.82) is 0 Å². The van der Waals surface area contributed by atoms with Gasteiger partial charge in [-0.15, -0.1) is 12.4 Å². The number of nitrogens with zero attached hydrogens (tertiary/aromatic N) is 1. The van der Waals surface area contributed by atoms with Gasteiger partial charge in [0.15, 0.2) is 12.0 Å². The fraction of sp³-hybridized carbons (Fsp3) is 0.607. The van der Waals surface area contributed by atoms with Gasteiger partial charge in [-0.25, -0.2) is 4.79 Å². The summed E-state index contributed by atoms with van der Waals surface area (Å²) < 4.78 is 27.7. The molecule has 9 nitrogen and oxygen atoms in total. The highest BCUT2D eigenvalue weighted by atomic mass is 35.5. The van der Waals surface area contributed by atoms with E-state index in [-0.39, 0.29) is 48.9 Å². The number of carbonyl (C=O) groups excluding carboxylic acids is 3. The third-order valence-corrected chi connectivity index (χ3v) is 6.67. The topological polar surface area (TPSA) is 101 Å². The number of methoxy groups -OCH3 is 1. The maximum absolute atomic E-state index is 12.8. The van der Waals surface area contributed by atoms with Crippen LogP contribution in [0.15, 0.2) is 11.6 Å². The molecule has 2 aliphatic heterocycles. The van der Waals surface area contributed by atoms with Crippen LogP contribution in [0, 0.1) is 12.3 Å². The Morgan fingerprint density at radius 1 is 1.13 bits per heavy atom. The van der Waals surface area contributed by atoms with Gasteiger partial charge in [0.1, 0.15) is 17.9 Å². The first-order valence-electron chi connectivity index (χ1n) is 12.7. The van der Waals surface area contributed by atoms with E-state index in [1.54, 1.807) is 27.9 Å². The normalized spacial score (nSPS) is 16.7. The first-order valence-corrected chi connectivity index (χ1v) is 12.7. The van der Waals surface area contributed by atoms with Crippen LogP contribution in [0.4, 0.5) is 0 Å². The average molecular weight is 554 g/mol. The van der Waals surface area contributed by atoms with Crippen molar-refractivity contribution in [2.45, 2.75) is 73.6 Å². The summed E-state index contributed by atoms with van der Waals surface area (Å²) in [5, 5.41) is 0. The fourth-order valence-electron chi connectivity index (χ4n) is 4.31. The van der Waals surface area contributed by atoms with Crippen molar-refractivity contribution in [3.8, 4) is 11.5 Å². The Morgan fingerprint density at radius 3 is 2.39 bits per heavy atom. The van der Waals surface area contributed by atoms with Crippen LogP contribution < -0.4 is 9.47 Å². The van der Waals surface area contributed by atoms with Crippen molar-refractivity contribution in [2.24, 2.45) is 5.41 Å². The van der Waals surface area contributed by atoms with E-state index in [0.717, 1.165) is 24.2 Å². The molecule has 1 aromatic carbocycles. The summed E-state index contributed by atoms with van der Waals surface area (Å²) in [5.74, 6) is -0.504. The number of cyclic esters (lactones) is 1. The number of morpholine rings is 1. The summed E-state index contributed by atoms with van der Waals surface area (Å²) in [7, 11) is 1.55. The minimum absolute atomic E-state index is 0. The van der Waals surface area contributed by atoms with Crippen LogP contribution in [0.2, 0.25) is 0 Å². The van der Waals surface area contributed by atoms with Crippen LogP contribution in [0.5, 0.6) is 11.5 Å². The zero-order valence-electron chi connectivity index (χ0n) is 23.4. The van der Waals surface area contributed by atoms with E-state index in [1.807, 2.05) is 26.8 Å². The van der Waals surface area contributed by atoms with Crippen LogP contribution >= 0.6 is 12.4 Å². The molecule has 0 saturated carbocycles. The van der Waals surface area contributed by atoms with Gasteiger partial charge in [-0.3, -0.25) is 14.5 Å². The summed E-state index contributed by atoms with van der Waals surface area (Å²) in [6, 6.07) is 0. The number of carbonyl (C=O) groups is 3. The predicted molar refractivity (Wildman–Crippen MR) is 144 cm³/mol. The lowest BCUT2D eigenvalue weighted by atomic mass is 9.93. The van der Waals surface area contributed by atoms with E-state index in [1.165, 1.54) is 0 Å². The predicted octanol–water partition coefficient (Wildman–Crippen LogP) is 4.54. The monoisotopic (exact) mass is 553 g/mol. The first-order chi connectivity index (χ1) is 17.4. The third-order valence-electron chi connectivity index (χ3n) is 6.67. The van der Waals surface area contributed by atoms with Crippen LogP contribution in [-0.4, -0.2) is 62.4 Å². The Balaban J connectivity index is 0.00000507. The van der Waals surface area contributed by atoms with Crippen molar-refractivity contribution >= 4 is 30.3 Å². The number of hydrogen-bond donors (Lipinski definition) is 0. The molecule has 3 rings (SSSR count). The molecular weight excluding hydrogens is 514 g/mol. The molecule has 0 N–H and O–H groups in total. The average Bonchev–Trinajstić information content (AvgIpc) is 3.24. The Labute approximate surface area is 231 Å². The SMILES string of the molecule is COc1c(C)c2c(c(OC(=O)C(C)(C)C)c1C/C=C(\C)CCC(=O)OC(C)N1CCOCC1)C(=O)OC2.Cl. The maximum atomic E-state index is 12.8. The molecule has 212 valence electrons. The standard InChI is InChI=1S/C28H39NO8.ClH/c1-17(9-11-22(30)36-19(3)29-12-14-34-15-13-29)8-10-20-24(33-7)18(2)21-16-35-26(31)23(21)25(20)37-27(32)28(4,5)6;/h8,19H,9-16H2,1-7H3;1H/b17-8+;. The second kappa shape index (κ2) is 13.4. The highest BCUT2D eigenvalue weighted by Crippen LogP contribution is 2.43. The lowest BCUT2D eigenvalue weighted by Gasteiger charge is -2.31. The van der Waals surface area contributed by atoms with E-state index in [9.17, 15) is 14.4 Å². The van der Waals surface area contributed by atoms with Crippen molar-refractivity contribution < 1.29 is 38.1 Å². The minimum Gasteiger partial charge on any atom is -0.496 e. The molecule has 2 heterocycles. The molecule has 0 aliphatic carbocycles. The van der Waals surface area contributed by atoms with Crippen LogP contribution in [-0.2, 0) is 36.8 Å². The van der Waals surface area contributed by atoms with Gasteiger partial charge in [0.05, 0.1) is 25.7 Å². The number of hydrogen-bond acceptors (Lipinski definition) is 9. The zero-order chi connectivity index (χ0) is 27.3. The number of halogens is 1. The molecule has 0 amide bonds. The quantitative estimate of drug-likeness (QED) is 0.248. The Hall–Kier alpha value is -2.62. The van der Waals surface area contributed by atoms with Crippen LogP contribution in [0.1, 0.15) is 74.5 Å². The van der Waals surface area contributed by atoms with Gasteiger partial charge >= 0.3 is 17.9 Å². The summed E-state index contributed by atoms with van der Waals surface area (Å²) in [6.45, 7) is 13.8. The van der Waals surface area contributed by atoms with Crippen LogP contribution in [0.25, 0.3) is 0 Å². The van der Waals surface area contributed by atoms with Gasteiger partial charge in [0.2, 0.25) is 0 Å². The van der Waals surface area contributed by atoms with Crippen molar-refractivity contribution in [2.75, 3.05) is 33.4 Å². The zero-order valence-corrected chi connectivity index (χ0v) is 24.2. The van der Waals surface area contributed by atoms with Gasteiger partial charge in [-0.05, 0) is 59.9 Å². The number of fused-ring (bicyclic) bond motifs is 1. The van der Waals surface area contributed by atoms with E-state index in [4.69, 9.17) is 23.7 Å². The maximum Gasteiger partial charge on any atom is 0.342 e. The number of benzene rings is 1. The highest BCUT2D eigenvalue weighted by Gasteiger charge is 2.35. The van der Waals surface area contributed by atoms with Crippen molar-refractivity contribution in [3.05, 3.63) is 33.9 Å². The van der Waals surface area contributed by atoms with E-state index >= 15 is 0 Å². The van der Waals surface area contributed by atoms with Gasteiger partial charge in [-0.2, -0.15) is 0 Å². The smallest absolute Gasteiger partial charge is 0.342 e. The molecule has 1 fully saturated rings. The Morgan fingerprint density at radius 2 is 1.79 bits per heavy atom. The minimum atomic E-state index is -0.769. The lowest BCUT2D eigenvalue weighted by molar-refractivity contribution is -0.161. The molecule has 10 heteroatoms. The number of allylic oxidation sites excluding steroid dienone is 2. The lowest BCUT2D eigenvalue weighted by Crippen LogP contribution is -2.44. The Kier molecular flexibility index (Phi) is 11.2. The van der Waals surface area contributed by atoms with Crippen molar-refractivity contribution in [3.63, 3.8) is 0 Å². The molecule has 38 heavy (non-hydrogen) atoms. The second-order valence-electron chi connectivity index (χ2n) is 10.5. The molecule has 0 spiro atoms. The summed E-state index contributed by atoms with van der Waals surface area (Å²) in [4.78, 5) is 39.9. The van der Waals surface area contributed by atoms with Gasteiger partial charge in [-0.1, -0.05) is 11.6 Å². The fourth-order valence-corrected chi connectivity index (χ4v) is 4.31. The van der Waals surface area contributed by atoms with Crippen molar-refractivity contribution in [1.82, 2.24) is 4.90 Å². The van der Waals surface area contributed by atoms with E-state index in [0.29, 0.717) is 42.9 Å². The van der Waals surface area contributed by atoms with Gasteiger partial charge in [0, 0.05) is 30.6 Å². The first kappa shape index (κ1) is 31.6. The largest absolute Gasteiger partial charge is 0.496 e. The molecule has 2 aliphatic rings. The molecule has 0 aromatic heterocycles. The molecule has 1 atom stereocenters. The second-order valence-corrected chi connectivity index (χ2v) is 10.5. The molecule has 0 radical (unpaired) electrons. The number of ether oxygens (including phenoxy) is 5. The van der Waals surface area contributed by atoms with Gasteiger partial charge < -0.3 is 23.7 Å². The highest BCUT2D eigenvalue weighted by molar-refractivity contribution is 5.99.